The van der Waals surface area contributed by atoms with Gasteiger partial charge in [0.2, 0.25) is 15.9 Å². The lowest BCUT2D eigenvalue weighted by Crippen LogP contribution is -2.34. The third kappa shape index (κ3) is 7.62. The van der Waals surface area contributed by atoms with Crippen LogP contribution in [-0.4, -0.2) is 36.9 Å². The van der Waals surface area contributed by atoms with Crippen molar-refractivity contribution in [2.45, 2.75) is 19.8 Å². The zero-order valence-electron chi connectivity index (χ0n) is 8.02. The van der Waals surface area contributed by atoms with Crippen molar-refractivity contribution in [3.8, 4) is 0 Å². The average molecular weight is 237 g/mol. The Morgan fingerprint density at radius 1 is 1.27 bits per heavy atom. The molecular weight excluding hydrogens is 226 g/mol. The summed E-state index contributed by atoms with van der Waals surface area (Å²) in [5.74, 6) is -3.39. The number of ketones is 1. The van der Waals surface area contributed by atoms with Gasteiger partial charge in [0.25, 0.3) is 0 Å². The molecule has 0 bridgehead atoms. The van der Waals surface area contributed by atoms with Gasteiger partial charge >= 0.3 is 5.97 Å². The summed E-state index contributed by atoms with van der Waals surface area (Å²) >= 11 is 0. The fourth-order valence-corrected chi connectivity index (χ4v) is 1.75. The van der Waals surface area contributed by atoms with Crippen molar-refractivity contribution in [2.75, 3.05) is 5.75 Å². The van der Waals surface area contributed by atoms with Crippen molar-refractivity contribution in [3.63, 3.8) is 0 Å². The Labute approximate surface area is 86.5 Å². The van der Waals surface area contributed by atoms with E-state index >= 15 is 0 Å². The molecule has 0 unspecified atom stereocenters. The second-order valence-corrected chi connectivity index (χ2v) is 4.71. The Morgan fingerprint density at radius 3 is 2.20 bits per heavy atom. The zero-order chi connectivity index (χ0) is 12.1. The minimum absolute atomic E-state index is 0.213. The molecule has 0 radical (unpaired) electrons. The molecule has 0 aromatic carbocycles. The summed E-state index contributed by atoms with van der Waals surface area (Å²) in [6.45, 7) is 1.22. The van der Waals surface area contributed by atoms with Gasteiger partial charge in [-0.05, 0) is 6.92 Å². The molecule has 0 aliphatic carbocycles. The Hall–Kier alpha value is -1.44. The second-order valence-electron chi connectivity index (χ2n) is 2.87. The van der Waals surface area contributed by atoms with E-state index in [2.05, 4.69) is 0 Å². The molecular formula is C7H11NO6S. The van der Waals surface area contributed by atoms with Gasteiger partial charge in [0.05, 0.1) is 5.75 Å². The molecule has 15 heavy (non-hydrogen) atoms. The van der Waals surface area contributed by atoms with Crippen LogP contribution in [0.4, 0.5) is 0 Å². The van der Waals surface area contributed by atoms with Crippen LogP contribution in [0.3, 0.4) is 0 Å². The number of rotatable bonds is 6. The van der Waals surface area contributed by atoms with E-state index in [0.717, 1.165) is 0 Å². The van der Waals surface area contributed by atoms with E-state index in [9.17, 15) is 22.8 Å². The minimum Gasteiger partial charge on any atom is -0.481 e. The predicted molar refractivity (Wildman–Crippen MR) is 49.5 cm³/mol. The van der Waals surface area contributed by atoms with E-state index in [1.807, 2.05) is 0 Å². The Bertz CT molecular complexity index is 371. The first-order valence-corrected chi connectivity index (χ1v) is 5.63. The van der Waals surface area contributed by atoms with Crippen molar-refractivity contribution in [1.29, 1.82) is 0 Å². The normalized spacial score (nSPS) is 10.7. The number of Topliss-reactive ketones (excluding diaryl/α,β-unsaturated/α-hetero) is 1. The monoisotopic (exact) mass is 237 g/mol. The van der Waals surface area contributed by atoms with Crippen molar-refractivity contribution in [3.05, 3.63) is 0 Å². The number of nitrogens with one attached hydrogen (secondary N) is 1. The maximum absolute atomic E-state index is 11.0. The molecule has 0 aliphatic heterocycles. The Kier molecular flexibility index (Phi) is 4.92. The molecule has 86 valence electrons. The molecule has 0 heterocycles. The maximum Gasteiger partial charge on any atom is 0.312 e. The highest BCUT2D eigenvalue weighted by atomic mass is 32.2. The third-order valence-electron chi connectivity index (χ3n) is 1.30. The molecule has 0 spiro atoms. The van der Waals surface area contributed by atoms with Crippen molar-refractivity contribution < 1.29 is 27.9 Å². The number of amides is 1. The van der Waals surface area contributed by atoms with E-state index in [1.54, 1.807) is 4.72 Å². The van der Waals surface area contributed by atoms with E-state index in [-0.39, 0.29) is 12.2 Å². The first-order chi connectivity index (χ1) is 6.73. The molecule has 0 saturated heterocycles. The number of aliphatic carboxylic acids is 1. The zero-order valence-corrected chi connectivity index (χ0v) is 8.83. The second kappa shape index (κ2) is 5.44. The van der Waals surface area contributed by atoms with Crippen molar-refractivity contribution in [2.24, 2.45) is 0 Å². The summed E-state index contributed by atoms with van der Waals surface area (Å²) in [5.41, 5.74) is 0. The van der Waals surface area contributed by atoms with E-state index < -0.39 is 34.1 Å². The van der Waals surface area contributed by atoms with E-state index in [0.29, 0.717) is 0 Å². The SMILES string of the molecule is CC(=O)CCS(=O)(=O)NC(=O)CC(=O)O. The number of hydrogen-bond donors (Lipinski definition) is 2. The molecule has 0 rings (SSSR count). The molecule has 0 aromatic heterocycles. The quantitative estimate of drug-likeness (QED) is 0.565. The largest absolute Gasteiger partial charge is 0.481 e. The van der Waals surface area contributed by atoms with Gasteiger partial charge in [-0.25, -0.2) is 8.42 Å². The van der Waals surface area contributed by atoms with Gasteiger partial charge in [-0.3, -0.25) is 19.1 Å². The van der Waals surface area contributed by atoms with Crippen molar-refractivity contribution >= 4 is 27.7 Å². The summed E-state index contributed by atoms with van der Waals surface area (Å²) in [6.07, 6.45) is -1.13. The molecule has 0 saturated carbocycles. The topological polar surface area (TPSA) is 118 Å². The number of carboxylic acid groups (broad SMARTS) is 1. The van der Waals surface area contributed by atoms with Crippen LogP contribution in [0.5, 0.6) is 0 Å². The third-order valence-corrected chi connectivity index (χ3v) is 2.58. The highest BCUT2D eigenvalue weighted by molar-refractivity contribution is 7.90. The summed E-state index contributed by atoms with van der Waals surface area (Å²) in [6, 6.07) is 0. The highest BCUT2D eigenvalue weighted by Crippen LogP contribution is 1.92. The number of carboxylic acids is 1. The van der Waals surface area contributed by atoms with Crippen LogP contribution in [0.15, 0.2) is 0 Å². The fourth-order valence-electron chi connectivity index (χ4n) is 0.676. The van der Waals surface area contributed by atoms with Crippen LogP contribution in [0.1, 0.15) is 19.8 Å². The number of hydrogen-bond acceptors (Lipinski definition) is 5. The van der Waals surface area contributed by atoms with Gasteiger partial charge in [-0.15, -0.1) is 0 Å². The first kappa shape index (κ1) is 13.6. The van der Waals surface area contributed by atoms with Crippen LogP contribution < -0.4 is 4.72 Å². The first-order valence-electron chi connectivity index (χ1n) is 3.97. The summed E-state index contributed by atoms with van der Waals surface area (Å²) in [7, 11) is -3.91. The van der Waals surface area contributed by atoms with Gasteiger partial charge < -0.3 is 5.11 Å². The Balaban J connectivity index is 4.20. The molecule has 0 aromatic rings. The lowest BCUT2D eigenvalue weighted by atomic mass is 10.4. The van der Waals surface area contributed by atoms with E-state index in [1.165, 1.54) is 6.92 Å². The number of carbonyl (C=O) groups is 3. The Morgan fingerprint density at radius 2 is 1.80 bits per heavy atom. The van der Waals surface area contributed by atoms with Gasteiger partial charge in [0.1, 0.15) is 12.2 Å². The highest BCUT2D eigenvalue weighted by Gasteiger charge is 2.17. The summed E-state index contributed by atoms with van der Waals surface area (Å²) in [4.78, 5) is 31.3. The smallest absolute Gasteiger partial charge is 0.312 e. The average Bonchev–Trinajstić information content (AvgIpc) is 1.98. The predicted octanol–water partition coefficient (Wildman–Crippen LogP) is -1.11. The molecule has 0 aliphatic rings. The van der Waals surface area contributed by atoms with Crippen LogP contribution in [0.2, 0.25) is 0 Å². The van der Waals surface area contributed by atoms with Crippen LogP contribution in [0, 0.1) is 0 Å². The van der Waals surface area contributed by atoms with Gasteiger partial charge in [-0.2, -0.15) is 0 Å². The van der Waals surface area contributed by atoms with Crippen molar-refractivity contribution in [1.82, 2.24) is 4.72 Å². The van der Waals surface area contributed by atoms with E-state index in [4.69, 9.17) is 5.11 Å². The molecule has 0 fully saturated rings. The molecule has 7 nitrogen and oxygen atoms in total. The molecule has 0 atom stereocenters. The maximum atomic E-state index is 11.0. The molecule has 2 N–H and O–H groups in total. The lowest BCUT2D eigenvalue weighted by Gasteiger charge is -2.03. The van der Waals surface area contributed by atoms with Crippen LogP contribution >= 0.6 is 0 Å². The molecule has 8 heteroatoms. The summed E-state index contributed by atoms with van der Waals surface area (Å²) < 4.78 is 23.6. The fraction of sp³-hybridized carbons (Fsp3) is 0.571. The number of carbonyl (C=O) groups excluding carboxylic acids is 2. The van der Waals surface area contributed by atoms with Crippen LogP contribution in [-0.2, 0) is 24.4 Å². The lowest BCUT2D eigenvalue weighted by molar-refractivity contribution is -0.140. The minimum atomic E-state index is -3.91. The standard InChI is InChI=1S/C7H11NO6S/c1-5(9)2-3-15(13,14)8-6(10)4-7(11)12/h2-4H2,1H3,(H,8,10)(H,11,12). The van der Waals surface area contributed by atoms with Crippen LogP contribution in [0.25, 0.3) is 0 Å². The van der Waals surface area contributed by atoms with Gasteiger partial charge in [-0.1, -0.05) is 0 Å². The number of sulfonamides is 1. The summed E-state index contributed by atoms with van der Waals surface area (Å²) in [5, 5.41) is 8.19. The molecule has 1 amide bonds. The van der Waals surface area contributed by atoms with Gasteiger partial charge in [0.15, 0.2) is 0 Å². The van der Waals surface area contributed by atoms with Gasteiger partial charge in [0, 0.05) is 6.42 Å².